The molecule has 98 valence electrons. The van der Waals surface area contributed by atoms with E-state index < -0.39 is 14.9 Å². The molecule has 0 saturated heterocycles. The molecule has 0 aliphatic rings. The lowest BCUT2D eigenvalue weighted by molar-refractivity contribution is -0.385. The first kappa shape index (κ1) is 14.6. The number of non-ortho nitro benzene ring substituents is 1. The van der Waals surface area contributed by atoms with Crippen molar-refractivity contribution in [2.75, 3.05) is 6.54 Å². The fourth-order valence-electron chi connectivity index (χ4n) is 1.24. The van der Waals surface area contributed by atoms with Gasteiger partial charge in [-0.2, -0.15) is 0 Å². The molecule has 18 heavy (non-hydrogen) atoms. The number of benzene rings is 1. The molecule has 1 N–H and O–H groups in total. The van der Waals surface area contributed by atoms with Crippen molar-refractivity contribution in [2.24, 2.45) is 0 Å². The van der Waals surface area contributed by atoms with Crippen LogP contribution in [0.3, 0.4) is 0 Å². The van der Waals surface area contributed by atoms with Gasteiger partial charge in [-0.25, -0.2) is 13.1 Å². The quantitative estimate of drug-likeness (QED) is 0.663. The molecule has 0 fully saturated rings. The van der Waals surface area contributed by atoms with Crippen molar-refractivity contribution >= 4 is 27.3 Å². The van der Waals surface area contributed by atoms with Gasteiger partial charge in [-0.05, 0) is 12.5 Å². The number of halogens is 1. The Hall–Kier alpha value is -1.44. The number of hydrogen-bond acceptors (Lipinski definition) is 4. The average Bonchev–Trinajstić information content (AvgIpc) is 2.26. The highest BCUT2D eigenvalue weighted by molar-refractivity contribution is 7.89. The van der Waals surface area contributed by atoms with Gasteiger partial charge in [0.2, 0.25) is 10.0 Å². The molecule has 0 bridgehead atoms. The normalized spacial score (nSPS) is 11.2. The molecular formula is C10H11ClN2O4S. The van der Waals surface area contributed by atoms with Crippen LogP contribution in [0.25, 0.3) is 0 Å². The van der Waals surface area contributed by atoms with Crippen molar-refractivity contribution in [3.05, 3.63) is 45.5 Å². The Morgan fingerprint density at radius 1 is 1.56 bits per heavy atom. The van der Waals surface area contributed by atoms with Gasteiger partial charge in [0.1, 0.15) is 0 Å². The molecule has 6 nitrogen and oxygen atoms in total. The SMILES string of the molecule is C=C(Cl)CNS(=O)(=O)c1cc([N+](=O)[O-])ccc1C. The number of nitro groups is 1. The van der Waals surface area contributed by atoms with E-state index in [0.717, 1.165) is 6.07 Å². The van der Waals surface area contributed by atoms with Gasteiger partial charge in [-0.3, -0.25) is 10.1 Å². The molecule has 0 spiro atoms. The Kier molecular flexibility index (Phi) is 4.44. The summed E-state index contributed by atoms with van der Waals surface area (Å²) in [7, 11) is -3.84. The second kappa shape index (κ2) is 5.47. The van der Waals surface area contributed by atoms with E-state index in [2.05, 4.69) is 11.3 Å². The van der Waals surface area contributed by atoms with E-state index in [4.69, 9.17) is 11.6 Å². The predicted molar refractivity (Wildman–Crippen MR) is 68.0 cm³/mol. The maximum atomic E-state index is 11.9. The smallest absolute Gasteiger partial charge is 0.258 e. The van der Waals surface area contributed by atoms with Gasteiger partial charge in [-0.1, -0.05) is 24.2 Å². The molecule has 0 aliphatic carbocycles. The van der Waals surface area contributed by atoms with Crippen LogP contribution >= 0.6 is 11.6 Å². The minimum Gasteiger partial charge on any atom is -0.258 e. The lowest BCUT2D eigenvalue weighted by Gasteiger charge is -2.08. The first-order chi connectivity index (χ1) is 8.24. The summed E-state index contributed by atoms with van der Waals surface area (Å²) < 4.78 is 26.0. The van der Waals surface area contributed by atoms with Crippen LogP contribution in [0.5, 0.6) is 0 Å². The van der Waals surface area contributed by atoms with Crippen LogP contribution in [0.2, 0.25) is 0 Å². The van der Waals surface area contributed by atoms with E-state index in [9.17, 15) is 18.5 Å². The second-order valence-corrected chi connectivity index (χ2v) is 5.82. The summed E-state index contributed by atoms with van der Waals surface area (Å²) in [5.74, 6) is 0. The van der Waals surface area contributed by atoms with Gasteiger partial charge in [0.25, 0.3) is 5.69 Å². The van der Waals surface area contributed by atoms with Crippen molar-refractivity contribution in [3.8, 4) is 0 Å². The molecule has 0 heterocycles. The predicted octanol–water partition coefficient (Wildman–Crippen LogP) is 1.93. The zero-order valence-electron chi connectivity index (χ0n) is 9.51. The lowest BCUT2D eigenvalue weighted by Crippen LogP contribution is -2.25. The maximum absolute atomic E-state index is 11.9. The summed E-state index contributed by atoms with van der Waals surface area (Å²) in [6.07, 6.45) is 0. The zero-order chi connectivity index (χ0) is 13.9. The highest BCUT2D eigenvalue weighted by Gasteiger charge is 2.20. The number of rotatable bonds is 5. The summed E-state index contributed by atoms with van der Waals surface area (Å²) in [5.41, 5.74) is 0.124. The summed E-state index contributed by atoms with van der Waals surface area (Å²) in [6.45, 7) is 4.77. The van der Waals surface area contributed by atoms with E-state index in [1.54, 1.807) is 6.92 Å². The second-order valence-electron chi connectivity index (χ2n) is 3.55. The van der Waals surface area contributed by atoms with Crippen LogP contribution in [0.1, 0.15) is 5.56 Å². The standard InChI is InChI=1S/C10H11ClN2O4S/c1-7-3-4-9(13(14)15)5-10(7)18(16,17)12-6-8(2)11/h3-5,12H,2,6H2,1H3. The fourth-order valence-corrected chi connectivity index (χ4v) is 2.68. The van der Waals surface area contributed by atoms with Gasteiger partial charge in [-0.15, -0.1) is 0 Å². The number of nitrogens with one attached hydrogen (secondary N) is 1. The lowest BCUT2D eigenvalue weighted by atomic mass is 10.2. The molecule has 0 atom stereocenters. The third kappa shape index (κ3) is 3.52. The highest BCUT2D eigenvalue weighted by Crippen LogP contribution is 2.21. The molecule has 0 amide bonds. The van der Waals surface area contributed by atoms with Crippen LogP contribution in [0, 0.1) is 17.0 Å². The highest BCUT2D eigenvalue weighted by atomic mass is 35.5. The Labute approximate surface area is 109 Å². The van der Waals surface area contributed by atoms with E-state index in [0.29, 0.717) is 5.56 Å². The Morgan fingerprint density at radius 2 is 2.17 bits per heavy atom. The topological polar surface area (TPSA) is 89.3 Å². The average molecular weight is 291 g/mol. The molecule has 0 aliphatic heterocycles. The number of nitro benzene ring substituents is 1. The maximum Gasteiger partial charge on any atom is 0.270 e. The largest absolute Gasteiger partial charge is 0.270 e. The minimum absolute atomic E-state index is 0.127. The van der Waals surface area contributed by atoms with E-state index in [-0.39, 0.29) is 22.2 Å². The van der Waals surface area contributed by atoms with Gasteiger partial charge >= 0.3 is 0 Å². The third-order valence-electron chi connectivity index (χ3n) is 2.13. The summed E-state index contributed by atoms with van der Waals surface area (Å²) in [4.78, 5) is 9.81. The van der Waals surface area contributed by atoms with Crippen LogP contribution in [0.15, 0.2) is 34.7 Å². The van der Waals surface area contributed by atoms with E-state index in [1.165, 1.54) is 12.1 Å². The number of sulfonamides is 1. The molecule has 1 aromatic carbocycles. The molecule has 0 saturated carbocycles. The van der Waals surface area contributed by atoms with Crippen molar-refractivity contribution in [1.29, 1.82) is 0 Å². The van der Waals surface area contributed by atoms with E-state index in [1.807, 2.05) is 0 Å². The zero-order valence-corrected chi connectivity index (χ0v) is 11.1. The number of nitrogens with zero attached hydrogens (tertiary/aromatic N) is 1. The van der Waals surface area contributed by atoms with E-state index >= 15 is 0 Å². The van der Waals surface area contributed by atoms with Crippen LogP contribution in [0.4, 0.5) is 5.69 Å². The minimum atomic E-state index is -3.84. The number of aryl methyl sites for hydroxylation is 1. The molecule has 8 heteroatoms. The third-order valence-corrected chi connectivity index (χ3v) is 3.80. The Bertz CT molecular complexity index is 598. The molecule has 1 aromatic rings. The molecule has 1 rings (SSSR count). The van der Waals surface area contributed by atoms with Crippen LogP contribution in [-0.4, -0.2) is 19.9 Å². The Balaban J connectivity index is 3.18. The first-order valence-electron chi connectivity index (χ1n) is 4.82. The fraction of sp³-hybridized carbons (Fsp3) is 0.200. The van der Waals surface area contributed by atoms with Gasteiger partial charge in [0.15, 0.2) is 0 Å². The van der Waals surface area contributed by atoms with Gasteiger partial charge in [0.05, 0.1) is 9.82 Å². The molecule has 0 aromatic heterocycles. The molecular weight excluding hydrogens is 280 g/mol. The summed E-state index contributed by atoms with van der Waals surface area (Å²) in [5, 5.41) is 10.7. The van der Waals surface area contributed by atoms with Crippen LogP contribution < -0.4 is 4.72 Å². The monoisotopic (exact) mass is 290 g/mol. The molecule has 0 unspecified atom stereocenters. The van der Waals surface area contributed by atoms with Crippen LogP contribution in [-0.2, 0) is 10.0 Å². The van der Waals surface area contributed by atoms with Crippen molar-refractivity contribution < 1.29 is 13.3 Å². The summed E-state index contributed by atoms with van der Waals surface area (Å²) >= 11 is 5.46. The van der Waals surface area contributed by atoms with Gasteiger partial charge < -0.3 is 0 Å². The first-order valence-corrected chi connectivity index (χ1v) is 6.68. The number of hydrogen-bond donors (Lipinski definition) is 1. The Morgan fingerprint density at radius 3 is 2.67 bits per heavy atom. The molecule has 0 radical (unpaired) electrons. The summed E-state index contributed by atoms with van der Waals surface area (Å²) in [6, 6.07) is 3.63. The van der Waals surface area contributed by atoms with Gasteiger partial charge in [0, 0.05) is 23.7 Å². The van der Waals surface area contributed by atoms with Crippen molar-refractivity contribution in [1.82, 2.24) is 4.72 Å². The van der Waals surface area contributed by atoms with Crippen molar-refractivity contribution in [2.45, 2.75) is 11.8 Å². The van der Waals surface area contributed by atoms with Crippen molar-refractivity contribution in [3.63, 3.8) is 0 Å².